The molecule has 0 bridgehead atoms. The van der Waals surface area contributed by atoms with Crippen LogP contribution < -0.4 is 26.1 Å². The Morgan fingerprint density at radius 2 is 2.13 bits per heavy atom. The predicted molar refractivity (Wildman–Crippen MR) is 115 cm³/mol. The van der Waals surface area contributed by atoms with Crippen LogP contribution in [0.5, 0.6) is 11.5 Å². The number of halogens is 1. The van der Waals surface area contributed by atoms with Crippen LogP contribution in [0.15, 0.2) is 31.8 Å². The number of hydrogen-bond acceptors (Lipinski definition) is 8. The molecule has 2 aromatic rings. The highest BCUT2D eigenvalue weighted by molar-refractivity contribution is 7.99. The first-order valence-corrected chi connectivity index (χ1v) is 10.4. The van der Waals surface area contributed by atoms with Crippen LogP contribution in [-0.4, -0.2) is 46.3 Å². The van der Waals surface area contributed by atoms with E-state index < -0.39 is 17.2 Å². The Kier molecular flexibility index (Phi) is 8.93. The molecule has 1 heterocycles. The number of rotatable bonds is 10. The summed E-state index contributed by atoms with van der Waals surface area (Å²) in [5.41, 5.74) is 1.56. The maximum absolute atomic E-state index is 11.9. The van der Waals surface area contributed by atoms with Gasteiger partial charge >= 0.3 is 5.69 Å². The fraction of sp³-hybridized carbons (Fsp3) is 0.389. The zero-order valence-electron chi connectivity index (χ0n) is 16.7. The van der Waals surface area contributed by atoms with Gasteiger partial charge < -0.3 is 9.47 Å². The summed E-state index contributed by atoms with van der Waals surface area (Å²) in [5.74, 6) is 0.691. The summed E-state index contributed by atoms with van der Waals surface area (Å²) in [5, 5.41) is 9.88. The number of hydrogen-bond donors (Lipinski definition) is 3. The lowest BCUT2D eigenvalue weighted by molar-refractivity contribution is -0.118. The molecular formula is C18H22ClN5O5S. The Morgan fingerprint density at radius 3 is 2.80 bits per heavy atom. The number of aromatic nitrogens is 3. The molecule has 10 nitrogen and oxygen atoms in total. The van der Waals surface area contributed by atoms with Crippen molar-refractivity contribution in [1.29, 1.82) is 0 Å². The SMILES string of the molecule is CCOc1cc(/C=N/NC(=O)CSc2n[nH]c(=O)[nH]c2=O)cc(Cl)c1OCC(C)C. The third-order valence-electron chi connectivity index (χ3n) is 3.32. The first-order chi connectivity index (χ1) is 14.3. The second kappa shape index (κ2) is 11.4. The van der Waals surface area contributed by atoms with Crippen molar-refractivity contribution in [3.63, 3.8) is 0 Å². The number of amides is 1. The van der Waals surface area contributed by atoms with E-state index in [-0.39, 0.29) is 10.8 Å². The van der Waals surface area contributed by atoms with Gasteiger partial charge in [-0.1, -0.05) is 37.2 Å². The number of ether oxygens (including phenoxy) is 2. The summed E-state index contributed by atoms with van der Waals surface area (Å²) < 4.78 is 11.3. The van der Waals surface area contributed by atoms with Crippen molar-refractivity contribution >= 4 is 35.5 Å². The molecule has 3 N–H and O–H groups in total. The van der Waals surface area contributed by atoms with E-state index in [0.29, 0.717) is 41.2 Å². The van der Waals surface area contributed by atoms with E-state index in [4.69, 9.17) is 21.1 Å². The van der Waals surface area contributed by atoms with E-state index in [0.717, 1.165) is 11.8 Å². The minimum absolute atomic E-state index is 0.0288. The topological polar surface area (TPSA) is 139 Å². The van der Waals surface area contributed by atoms with Gasteiger partial charge in [0.1, 0.15) is 0 Å². The van der Waals surface area contributed by atoms with Gasteiger partial charge in [-0.05, 0) is 30.5 Å². The standard InChI is InChI=1S/C18H22ClN5O5S/c1-4-28-13-6-11(5-12(19)15(13)29-8-10(2)3)7-20-22-14(25)9-30-17-16(26)21-18(27)24-23-17/h5-7,10H,4,8-9H2,1-3H3,(H,22,25)(H2,21,24,26,27)/b20-7+. The zero-order chi connectivity index (χ0) is 22.1. The van der Waals surface area contributed by atoms with Crippen molar-refractivity contribution in [2.75, 3.05) is 19.0 Å². The monoisotopic (exact) mass is 455 g/mol. The van der Waals surface area contributed by atoms with E-state index in [9.17, 15) is 14.4 Å². The summed E-state index contributed by atoms with van der Waals surface area (Å²) in [6.07, 6.45) is 1.41. The van der Waals surface area contributed by atoms with E-state index >= 15 is 0 Å². The van der Waals surface area contributed by atoms with Gasteiger partial charge in [-0.3, -0.25) is 14.6 Å². The highest BCUT2D eigenvalue weighted by atomic mass is 35.5. The lowest BCUT2D eigenvalue weighted by Crippen LogP contribution is -2.26. The molecule has 0 aliphatic heterocycles. The number of aromatic amines is 2. The van der Waals surface area contributed by atoms with E-state index in [1.54, 1.807) is 12.1 Å². The molecule has 2 rings (SSSR count). The van der Waals surface area contributed by atoms with Gasteiger partial charge in [-0.15, -0.1) is 0 Å². The van der Waals surface area contributed by atoms with E-state index in [1.807, 2.05) is 25.8 Å². The highest BCUT2D eigenvalue weighted by Crippen LogP contribution is 2.36. The summed E-state index contributed by atoms with van der Waals surface area (Å²) in [4.78, 5) is 36.4. The Hall–Kier alpha value is -2.79. The highest BCUT2D eigenvalue weighted by Gasteiger charge is 2.13. The molecule has 1 aromatic carbocycles. The molecule has 1 amide bonds. The average Bonchev–Trinajstić information content (AvgIpc) is 2.66. The molecule has 0 saturated carbocycles. The molecule has 0 saturated heterocycles. The second-order valence-corrected chi connectivity index (χ2v) is 7.73. The average molecular weight is 456 g/mol. The molecule has 0 aliphatic carbocycles. The van der Waals surface area contributed by atoms with Crippen LogP contribution in [0.2, 0.25) is 5.02 Å². The third kappa shape index (κ3) is 7.23. The van der Waals surface area contributed by atoms with Crippen LogP contribution in [0.3, 0.4) is 0 Å². The van der Waals surface area contributed by atoms with Crippen LogP contribution in [0.4, 0.5) is 0 Å². The number of carbonyl (C=O) groups is 1. The maximum atomic E-state index is 11.9. The van der Waals surface area contributed by atoms with Crippen molar-refractivity contribution in [1.82, 2.24) is 20.6 Å². The molecule has 0 radical (unpaired) electrons. The normalized spacial score (nSPS) is 11.1. The van der Waals surface area contributed by atoms with Crippen molar-refractivity contribution in [3.8, 4) is 11.5 Å². The molecule has 162 valence electrons. The van der Waals surface area contributed by atoms with Gasteiger partial charge in [-0.2, -0.15) is 10.2 Å². The Labute approximate surface area is 181 Å². The number of thioether (sulfide) groups is 1. The van der Waals surface area contributed by atoms with Crippen LogP contribution >= 0.6 is 23.4 Å². The van der Waals surface area contributed by atoms with Crippen molar-refractivity contribution in [2.45, 2.75) is 25.8 Å². The molecule has 0 unspecified atom stereocenters. The lowest BCUT2D eigenvalue weighted by Gasteiger charge is -2.15. The first kappa shape index (κ1) is 23.5. The Balaban J connectivity index is 1.99. The number of benzene rings is 1. The lowest BCUT2D eigenvalue weighted by atomic mass is 10.2. The van der Waals surface area contributed by atoms with Crippen LogP contribution in [-0.2, 0) is 4.79 Å². The quantitative estimate of drug-likeness (QED) is 0.282. The number of H-pyrrole nitrogens is 2. The van der Waals surface area contributed by atoms with Gasteiger partial charge in [0.2, 0.25) is 5.91 Å². The van der Waals surface area contributed by atoms with Crippen molar-refractivity contribution in [3.05, 3.63) is 43.6 Å². The molecule has 0 atom stereocenters. The number of carbonyl (C=O) groups excluding carboxylic acids is 1. The minimum Gasteiger partial charge on any atom is -0.490 e. The second-order valence-electron chi connectivity index (χ2n) is 6.36. The summed E-state index contributed by atoms with van der Waals surface area (Å²) in [6, 6.07) is 3.35. The third-order valence-corrected chi connectivity index (χ3v) is 4.55. The number of nitrogens with one attached hydrogen (secondary N) is 3. The fourth-order valence-corrected chi connectivity index (χ4v) is 2.99. The van der Waals surface area contributed by atoms with Gasteiger partial charge in [-0.25, -0.2) is 15.3 Å². The van der Waals surface area contributed by atoms with Gasteiger partial charge in [0, 0.05) is 0 Å². The predicted octanol–water partition coefficient (Wildman–Crippen LogP) is 1.79. The maximum Gasteiger partial charge on any atom is 0.342 e. The molecule has 1 aromatic heterocycles. The molecule has 0 fully saturated rings. The molecule has 30 heavy (non-hydrogen) atoms. The van der Waals surface area contributed by atoms with Gasteiger partial charge in [0.25, 0.3) is 5.56 Å². The summed E-state index contributed by atoms with van der Waals surface area (Å²) in [6.45, 7) is 6.83. The van der Waals surface area contributed by atoms with Crippen molar-refractivity contribution in [2.24, 2.45) is 11.0 Å². The summed E-state index contributed by atoms with van der Waals surface area (Å²) in [7, 11) is 0. The number of nitrogens with zero attached hydrogens (tertiary/aromatic N) is 2. The fourth-order valence-electron chi connectivity index (χ4n) is 2.10. The smallest absolute Gasteiger partial charge is 0.342 e. The summed E-state index contributed by atoms with van der Waals surface area (Å²) >= 11 is 7.18. The van der Waals surface area contributed by atoms with Crippen molar-refractivity contribution < 1.29 is 14.3 Å². The Morgan fingerprint density at radius 1 is 1.37 bits per heavy atom. The van der Waals surface area contributed by atoms with Gasteiger partial charge in [0.05, 0.1) is 30.2 Å². The van der Waals surface area contributed by atoms with E-state index in [1.165, 1.54) is 6.21 Å². The largest absolute Gasteiger partial charge is 0.490 e. The van der Waals surface area contributed by atoms with Crippen LogP contribution in [0.25, 0.3) is 0 Å². The van der Waals surface area contributed by atoms with Gasteiger partial charge in [0.15, 0.2) is 16.5 Å². The zero-order valence-corrected chi connectivity index (χ0v) is 18.2. The van der Waals surface area contributed by atoms with Crippen LogP contribution in [0, 0.1) is 5.92 Å². The Bertz CT molecular complexity index is 1020. The molecule has 0 spiro atoms. The molecule has 12 heteroatoms. The first-order valence-electron chi connectivity index (χ1n) is 9.03. The molecular weight excluding hydrogens is 434 g/mol. The minimum atomic E-state index is -0.718. The number of hydrazone groups is 1. The molecule has 0 aliphatic rings. The van der Waals surface area contributed by atoms with E-state index in [2.05, 4.69) is 20.7 Å². The van der Waals surface area contributed by atoms with Crippen LogP contribution in [0.1, 0.15) is 26.3 Å².